The lowest BCUT2D eigenvalue weighted by Crippen LogP contribution is -2.43. The number of halogens is 2. The normalized spacial score (nSPS) is 19.3. The molecule has 0 radical (unpaired) electrons. The van der Waals surface area contributed by atoms with Crippen LogP contribution >= 0.6 is 23.2 Å². The molecule has 9 heteroatoms. The highest BCUT2D eigenvalue weighted by atomic mass is 35.5. The number of benzene rings is 6. The molecule has 490 valence electrons. The molecule has 2 saturated heterocycles. The first kappa shape index (κ1) is 81.2. The number of carbonyl (C=O) groups is 1. The van der Waals surface area contributed by atoms with Gasteiger partial charge in [0.05, 0.1) is 22.1 Å². The zero-order valence-electron chi connectivity index (χ0n) is 50.5. The second-order valence-corrected chi connectivity index (χ2v) is 25.5. The van der Waals surface area contributed by atoms with Gasteiger partial charge < -0.3 is 31.9 Å². The fraction of sp³-hybridized carbons (Fsp3) is 0.532. The fourth-order valence-electron chi connectivity index (χ4n) is 13.4. The third kappa shape index (κ3) is 25.5. The summed E-state index contributed by atoms with van der Waals surface area (Å²) in [5.41, 5.74) is 13.8. The van der Waals surface area contributed by atoms with Crippen LogP contribution in [0.3, 0.4) is 0 Å². The number of aliphatic hydroxyl groups is 2. The van der Waals surface area contributed by atoms with Crippen molar-refractivity contribution in [1.82, 2.24) is 16.0 Å². The van der Waals surface area contributed by atoms with Crippen LogP contribution in [0.2, 0.25) is 0 Å². The molecule has 12 rings (SSSR count). The molecule has 88 heavy (non-hydrogen) atoms. The van der Waals surface area contributed by atoms with Gasteiger partial charge in [-0.3, -0.25) is 4.79 Å². The van der Waals surface area contributed by atoms with Gasteiger partial charge in [0, 0.05) is 5.54 Å². The number of alkyl halides is 2. The summed E-state index contributed by atoms with van der Waals surface area (Å²) in [6.45, 7) is 8.93. The van der Waals surface area contributed by atoms with Crippen LogP contribution in [0.25, 0.3) is 0 Å². The zero-order valence-corrected chi connectivity index (χ0v) is 52.1. The van der Waals surface area contributed by atoms with Crippen molar-refractivity contribution < 1.29 is 15.0 Å². The van der Waals surface area contributed by atoms with Gasteiger partial charge in [0.1, 0.15) is 0 Å². The number of hydrogen-bond acceptors (Lipinski definition) is 6. The molecule has 2 aliphatic heterocycles. The predicted molar refractivity (Wildman–Crippen MR) is 385 cm³/mol. The number of amides is 1. The Kier molecular flexibility index (Phi) is 39.7. The third-order valence-electron chi connectivity index (χ3n) is 18.8. The molecule has 6 aromatic rings. The highest BCUT2D eigenvalue weighted by Gasteiger charge is 2.35. The highest BCUT2D eigenvalue weighted by Crippen LogP contribution is 2.40. The fourth-order valence-corrected chi connectivity index (χ4v) is 13.4. The minimum absolute atomic E-state index is 0. The maximum Gasteiger partial charge on any atom is 0.207 e. The first-order valence-corrected chi connectivity index (χ1v) is 32.7. The number of rotatable bonds is 8. The van der Waals surface area contributed by atoms with Gasteiger partial charge in [-0.05, 0) is 147 Å². The van der Waals surface area contributed by atoms with Crippen LogP contribution in [0, 0.1) is 0 Å². The zero-order chi connectivity index (χ0) is 59.0. The van der Waals surface area contributed by atoms with Crippen LogP contribution in [-0.2, 0) is 37.9 Å². The SMILES string of the molecule is C.C.C.C.C.CC1(c2ccccc2)CCCCC1.CC1(c2ccccc2)CCNCC1.ClCCl.NC1(c2ccccc2)CCCCC1.O=CNC1(c2ccccc2)CCCCC1.OC1(c2ccccc2)CCCCC1.OC1(c2ccccc2)CCNCC1. The molecule has 2 heterocycles. The molecule has 6 aromatic carbocycles. The van der Waals surface area contributed by atoms with Crippen molar-refractivity contribution in [3.05, 3.63) is 215 Å². The average molecular weight is 1250 g/mol. The van der Waals surface area contributed by atoms with Crippen LogP contribution in [-0.4, -0.2) is 48.1 Å². The Morgan fingerprint density at radius 3 is 0.989 bits per heavy atom. The molecule has 0 unspecified atom stereocenters. The Balaban J connectivity index is 0.000000517. The van der Waals surface area contributed by atoms with Crippen LogP contribution in [0.1, 0.15) is 238 Å². The van der Waals surface area contributed by atoms with E-state index in [1.807, 2.05) is 78.9 Å². The molecular formula is C79H122Cl2N4O3. The van der Waals surface area contributed by atoms with Crippen molar-refractivity contribution in [2.75, 3.05) is 31.5 Å². The molecule has 4 saturated carbocycles. The monoisotopic (exact) mass is 1240 g/mol. The van der Waals surface area contributed by atoms with E-state index < -0.39 is 11.2 Å². The van der Waals surface area contributed by atoms with Crippen LogP contribution in [0.5, 0.6) is 0 Å². The molecule has 0 atom stereocenters. The topological polar surface area (TPSA) is 120 Å². The van der Waals surface area contributed by atoms with Gasteiger partial charge in [-0.25, -0.2) is 0 Å². The Morgan fingerprint density at radius 1 is 0.375 bits per heavy atom. The maximum absolute atomic E-state index is 10.7. The first-order valence-electron chi connectivity index (χ1n) is 31.7. The van der Waals surface area contributed by atoms with Crippen LogP contribution in [0.4, 0.5) is 0 Å². The molecule has 0 spiro atoms. The van der Waals surface area contributed by atoms with Gasteiger partial charge in [-0.2, -0.15) is 0 Å². The van der Waals surface area contributed by atoms with Gasteiger partial charge in [-0.1, -0.05) is 310 Å². The summed E-state index contributed by atoms with van der Waals surface area (Å²) in [6, 6.07) is 62.8. The summed E-state index contributed by atoms with van der Waals surface area (Å²) >= 11 is 9.53. The van der Waals surface area contributed by atoms with Crippen molar-refractivity contribution in [2.24, 2.45) is 5.73 Å². The van der Waals surface area contributed by atoms with E-state index in [2.05, 4.69) is 133 Å². The highest BCUT2D eigenvalue weighted by molar-refractivity contribution is 6.40. The summed E-state index contributed by atoms with van der Waals surface area (Å²) in [4.78, 5) is 10.7. The average Bonchev–Trinajstić information content (AvgIpc) is 3.75. The Hall–Kier alpha value is -4.83. The summed E-state index contributed by atoms with van der Waals surface area (Å²) in [6.07, 6.45) is 29.5. The molecule has 0 aromatic heterocycles. The molecule has 0 bridgehead atoms. The lowest BCUT2D eigenvalue weighted by molar-refractivity contribution is -0.111. The summed E-state index contributed by atoms with van der Waals surface area (Å²) in [7, 11) is 0. The quantitative estimate of drug-likeness (QED) is 0.0667. The molecule has 4 aliphatic carbocycles. The predicted octanol–water partition coefficient (Wildman–Crippen LogP) is 20.3. The second kappa shape index (κ2) is 43.0. The van der Waals surface area contributed by atoms with E-state index in [0.717, 1.165) is 108 Å². The molecule has 1 amide bonds. The molecule has 7 nitrogen and oxygen atoms in total. The number of nitrogens with one attached hydrogen (secondary N) is 3. The lowest BCUT2D eigenvalue weighted by atomic mass is 9.71. The number of piperidine rings is 2. The van der Waals surface area contributed by atoms with E-state index in [0.29, 0.717) is 10.8 Å². The molecule has 6 aliphatic rings. The smallest absolute Gasteiger partial charge is 0.207 e. The van der Waals surface area contributed by atoms with Crippen molar-refractivity contribution in [2.45, 2.75) is 238 Å². The lowest BCUT2D eigenvalue weighted by Gasteiger charge is -2.37. The largest absolute Gasteiger partial charge is 0.385 e. The Morgan fingerprint density at radius 2 is 0.636 bits per heavy atom. The van der Waals surface area contributed by atoms with Gasteiger partial charge in [0.2, 0.25) is 6.41 Å². The van der Waals surface area contributed by atoms with E-state index in [1.165, 1.54) is 112 Å². The maximum atomic E-state index is 10.7. The van der Waals surface area contributed by atoms with E-state index >= 15 is 0 Å². The minimum atomic E-state index is -0.591. The first-order chi connectivity index (χ1) is 40.3. The Labute approximate surface area is 548 Å². The van der Waals surface area contributed by atoms with Crippen LogP contribution in [0.15, 0.2) is 182 Å². The van der Waals surface area contributed by atoms with Crippen LogP contribution < -0.4 is 21.7 Å². The summed E-state index contributed by atoms with van der Waals surface area (Å²) < 4.78 is 0. The molecule has 7 N–H and O–H groups in total. The van der Waals surface area contributed by atoms with Gasteiger partial charge in [0.25, 0.3) is 0 Å². The molecule has 6 fully saturated rings. The third-order valence-corrected chi connectivity index (χ3v) is 18.8. The number of carbonyl (C=O) groups excluding carboxylic acids is 1. The standard InChI is InChI=1S/C13H17NO.C13H18.2C12H17N.C12H16O.C11H15NO.CH2Cl2.5CH4/c15-11-14-13(9-5-2-6-10-13)12-7-3-1-4-8-12;1-13(10-6-3-7-11-13)12-8-4-2-5-9-12;1-12(7-9-13-10-8-12)11-5-3-2-4-6-11;2*13-12(9-5-2-6-10-12)11-7-3-1-4-8-11;13-11(6-8-12-9-7-11)10-4-2-1-3-5-10;2-1-3;;;;;/h1,3-4,7-8,11H,2,5-6,9-10H2,(H,14,15);2,4-5,8-9H,3,6-7,10-11H2,1H3;2-6,13H,7-10H2,1H3;1,3-4,7-8H,2,5-6,9-10,13H2;1,3-4,7-8,13H,2,5-6,9-10H2;1-5,12-13H,6-9H2;1H2;5*1H4. The van der Waals surface area contributed by atoms with E-state index in [9.17, 15) is 15.0 Å². The van der Waals surface area contributed by atoms with Crippen molar-refractivity contribution in [3.8, 4) is 0 Å². The summed E-state index contributed by atoms with van der Waals surface area (Å²) in [5, 5.41) is 30.5. The van der Waals surface area contributed by atoms with Gasteiger partial charge in [-0.15, -0.1) is 23.2 Å². The Bertz CT molecular complexity index is 2250. The summed E-state index contributed by atoms with van der Waals surface area (Å²) in [5.74, 6) is 0. The number of nitrogens with two attached hydrogens (primary N) is 1. The molecular weight excluding hydrogens is 1120 g/mol. The van der Waals surface area contributed by atoms with Crippen molar-refractivity contribution >= 4 is 29.6 Å². The van der Waals surface area contributed by atoms with E-state index in [1.54, 1.807) is 0 Å². The van der Waals surface area contributed by atoms with Gasteiger partial charge in [0.15, 0.2) is 0 Å². The van der Waals surface area contributed by atoms with E-state index in [4.69, 9.17) is 28.9 Å². The second-order valence-electron chi connectivity index (χ2n) is 24.7. The van der Waals surface area contributed by atoms with Gasteiger partial charge >= 0.3 is 0 Å². The van der Waals surface area contributed by atoms with Crippen molar-refractivity contribution in [3.63, 3.8) is 0 Å². The van der Waals surface area contributed by atoms with E-state index in [-0.39, 0.29) is 53.6 Å². The minimum Gasteiger partial charge on any atom is -0.385 e. The van der Waals surface area contributed by atoms with Crippen molar-refractivity contribution in [1.29, 1.82) is 0 Å². The number of hydrogen-bond donors (Lipinski definition) is 6.